The molecule has 7 nitrogen and oxygen atoms in total. The average molecular weight is 423 g/mol. The Kier molecular flexibility index (Phi) is 5.67. The maximum atomic E-state index is 12.8. The summed E-state index contributed by atoms with van der Waals surface area (Å²) in [7, 11) is 1.59. The molecule has 0 bridgehead atoms. The lowest BCUT2D eigenvalue weighted by atomic mass is 10.2. The van der Waals surface area contributed by atoms with Crippen LogP contribution in [0.15, 0.2) is 47.3 Å². The number of hydrogen-bond acceptors (Lipinski definition) is 7. The predicted molar refractivity (Wildman–Crippen MR) is 117 cm³/mol. The topological polar surface area (TPSA) is 75.0 Å². The van der Waals surface area contributed by atoms with Crippen LogP contribution in [0.5, 0.6) is 17.2 Å². The van der Waals surface area contributed by atoms with Crippen LogP contribution in [0.1, 0.15) is 19.4 Å². The molecule has 2 heterocycles. The molecule has 30 heavy (non-hydrogen) atoms. The van der Waals surface area contributed by atoms with E-state index in [9.17, 15) is 4.79 Å². The van der Waals surface area contributed by atoms with Crippen LogP contribution in [0.2, 0.25) is 0 Å². The number of nitrogens with zero attached hydrogens (tertiary/aromatic N) is 3. The van der Waals surface area contributed by atoms with Gasteiger partial charge in [-0.3, -0.25) is 4.79 Å². The lowest BCUT2D eigenvalue weighted by Gasteiger charge is -2.09. The van der Waals surface area contributed by atoms with Gasteiger partial charge in [-0.05, 0) is 61.9 Å². The Morgan fingerprint density at radius 1 is 1.03 bits per heavy atom. The molecule has 0 saturated heterocycles. The molecule has 4 aromatic rings. The zero-order valence-corrected chi connectivity index (χ0v) is 17.7. The van der Waals surface area contributed by atoms with E-state index in [0.29, 0.717) is 40.0 Å². The van der Waals surface area contributed by atoms with Crippen LogP contribution < -0.4 is 24.3 Å². The van der Waals surface area contributed by atoms with Crippen LogP contribution >= 0.6 is 11.3 Å². The first-order chi connectivity index (χ1) is 14.6. The molecule has 0 aliphatic rings. The number of fused-ring (bicyclic) bond motifs is 1. The van der Waals surface area contributed by atoms with Gasteiger partial charge in [0.05, 0.1) is 24.9 Å². The van der Waals surface area contributed by atoms with Crippen molar-refractivity contribution in [2.45, 2.75) is 13.8 Å². The minimum atomic E-state index is -0.201. The first-order valence-electron chi connectivity index (χ1n) is 9.58. The molecule has 0 saturated carbocycles. The highest BCUT2D eigenvalue weighted by molar-refractivity contribution is 7.15. The van der Waals surface area contributed by atoms with Crippen molar-refractivity contribution in [2.24, 2.45) is 0 Å². The highest BCUT2D eigenvalue weighted by Gasteiger charge is 2.12. The molecular weight excluding hydrogens is 402 g/mol. The second kappa shape index (κ2) is 8.54. The van der Waals surface area contributed by atoms with Gasteiger partial charge in [-0.1, -0.05) is 17.4 Å². The fraction of sp³-hybridized carbons (Fsp3) is 0.227. The van der Waals surface area contributed by atoms with Gasteiger partial charge in [0.15, 0.2) is 17.3 Å². The zero-order valence-electron chi connectivity index (χ0n) is 16.9. The third-order valence-electron chi connectivity index (χ3n) is 4.39. The molecule has 0 spiro atoms. The normalized spacial score (nSPS) is 11.8. The summed E-state index contributed by atoms with van der Waals surface area (Å²) in [6.07, 6.45) is 1.80. The van der Waals surface area contributed by atoms with Crippen molar-refractivity contribution in [1.82, 2.24) is 14.6 Å². The lowest BCUT2D eigenvalue weighted by Crippen LogP contribution is -2.23. The van der Waals surface area contributed by atoms with E-state index in [1.807, 2.05) is 56.3 Å². The summed E-state index contributed by atoms with van der Waals surface area (Å²) in [5.41, 5.74) is 1.46. The number of methoxy groups -OCH3 is 1. The summed E-state index contributed by atoms with van der Waals surface area (Å²) in [6, 6.07) is 13.1. The number of hydrogen-bond donors (Lipinski definition) is 0. The van der Waals surface area contributed by atoms with E-state index in [2.05, 4.69) is 10.1 Å². The molecule has 8 heteroatoms. The van der Waals surface area contributed by atoms with Crippen LogP contribution in [0.4, 0.5) is 0 Å². The number of thiazole rings is 1. The molecule has 0 atom stereocenters. The number of ether oxygens (including phenoxy) is 3. The highest BCUT2D eigenvalue weighted by atomic mass is 32.1. The lowest BCUT2D eigenvalue weighted by molar-refractivity contribution is 0.311. The highest BCUT2D eigenvalue weighted by Crippen LogP contribution is 2.28. The Hall–Kier alpha value is -3.39. The second-order valence-corrected chi connectivity index (χ2v) is 7.36. The molecule has 2 aromatic carbocycles. The Morgan fingerprint density at radius 3 is 2.47 bits per heavy atom. The Bertz CT molecular complexity index is 1280. The van der Waals surface area contributed by atoms with Gasteiger partial charge in [0.2, 0.25) is 4.96 Å². The predicted octanol–water partition coefficient (Wildman–Crippen LogP) is 3.17. The second-order valence-electron chi connectivity index (χ2n) is 6.35. The van der Waals surface area contributed by atoms with Gasteiger partial charge < -0.3 is 14.2 Å². The Balaban J connectivity index is 1.68. The molecule has 4 rings (SSSR count). The maximum Gasteiger partial charge on any atom is 0.291 e. The molecule has 0 amide bonds. The van der Waals surface area contributed by atoms with Crippen molar-refractivity contribution >= 4 is 22.4 Å². The number of rotatable bonds is 7. The van der Waals surface area contributed by atoms with Gasteiger partial charge in [0.25, 0.3) is 5.56 Å². The van der Waals surface area contributed by atoms with Crippen LogP contribution in [-0.2, 0) is 0 Å². The van der Waals surface area contributed by atoms with Crippen molar-refractivity contribution in [1.29, 1.82) is 0 Å². The van der Waals surface area contributed by atoms with Gasteiger partial charge in [0.1, 0.15) is 5.75 Å². The van der Waals surface area contributed by atoms with Crippen molar-refractivity contribution in [3.8, 4) is 28.6 Å². The zero-order chi connectivity index (χ0) is 21.1. The standard InChI is InChI=1S/C22H21N3O4S/c1-4-28-16-9-7-15(8-10-16)20-23-22-25(24-20)21(26)19(30-22)13-14-6-11-17(29-5-2)18(12-14)27-3/h6-13H,4-5H2,1-3H3/b19-13+. The number of aromatic nitrogens is 3. The third kappa shape index (κ3) is 3.86. The molecule has 0 unspecified atom stereocenters. The summed E-state index contributed by atoms with van der Waals surface area (Å²) in [5.74, 6) is 2.59. The van der Waals surface area contributed by atoms with Crippen LogP contribution in [0.3, 0.4) is 0 Å². The smallest absolute Gasteiger partial charge is 0.291 e. The van der Waals surface area contributed by atoms with Gasteiger partial charge in [0, 0.05) is 5.56 Å². The SMILES string of the molecule is CCOc1ccc(-c2nc3s/c(=C/c4ccc(OCC)c(OC)c4)c(=O)n3n2)cc1. The van der Waals surface area contributed by atoms with E-state index >= 15 is 0 Å². The fourth-order valence-electron chi connectivity index (χ4n) is 3.02. The minimum Gasteiger partial charge on any atom is -0.494 e. The molecule has 0 N–H and O–H groups in total. The Labute approximate surface area is 177 Å². The van der Waals surface area contributed by atoms with E-state index < -0.39 is 0 Å². The minimum absolute atomic E-state index is 0.201. The molecule has 0 aliphatic carbocycles. The molecule has 2 aromatic heterocycles. The molecule has 0 fully saturated rings. The maximum absolute atomic E-state index is 12.8. The summed E-state index contributed by atoms with van der Waals surface area (Å²) < 4.78 is 18.3. The van der Waals surface area contributed by atoms with E-state index in [1.165, 1.54) is 15.9 Å². The van der Waals surface area contributed by atoms with Gasteiger partial charge in [-0.25, -0.2) is 0 Å². The molecule has 0 aliphatic heterocycles. The van der Waals surface area contributed by atoms with Crippen molar-refractivity contribution in [2.75, 3.05) is 20.3 Å². The monoisotopic (exact) mass is 423 g/mol. The van der Waals surface area contributed by atoms with Gasteiger partial charge in [-0.15, -0.1) is 5.10 Å². The first-order valence-corrected chi connectivity index (χ1v) is 10.4. The van der Waals surface area contributed by atoms with E-state index in [4.69, 9.17) is 14.2 Å². The van der Waals surface area contributed by atoms with Crippen LogP contribution in [-0.4, -0.2) is 34.9 Å². The summed E-state index contributed by atoms with van der Waals surface area (Å²) >= 11 is 1.30. The van der Waals surface area contributed by atoms with E-state index in [1.54, 1.807) is 13.2 Å². The van der Waals surface area contributed by atoms with Crippen LogP contribution in [0, 0.1) is 0 Å². The molecular formula is C22H21N3O4S. The quantitative estimate of drug-likeness (QED) is 0.455. The Morgan fingerprint density at radius 2 is 1.80 bits per heavy atom. The van der Waals surface area contributed by atoms with E-state index in [-0.39, 0.29) is 5.56 Å². The van der Waals surface area contributed by atoms with Crippen LogP contribution in [0.25, 0.3) is 22.4 Å². The van der Waals surface area contributed by atoms with Crippen molar-refractivity contribution < 1.29 is 14.2 Å². The summed E-state index contributed by atoms with van der Waals surface area (Å²) in [4.78, 5) is 17.9. The summed E-state index contributed by atoms with van der Waals surface area (Å²) in [5, 5.41) is 4.39. The van der Waals surface area contributed by atoms with Gasteiger partial charge >= 0.3 is 0 Å². The molecule has 154 valence electrons. The molecule has 0 radical (unpaired) electrons. The third-order valence-corrected chi connectivity index (χ3v) is 5.35. The first kappa shape index (κ1) is 19.9. The summed E-state index contributed by atoms with van der Waals surface area (Å²) in [6.45, 7) is 5.01. The number of benzene rings is 2. The van der Waals surface area contributed by atoms with Crippen molar-refractivity contribution in [3.63, 3.8) is 0 Å². The average Bonchev–Trinajstić information content (AvgIpc) is 3.29. The van der Waals surface area contributed by atoms with Crippen molar-refractivity contribution in [3.05, 3.63) is 62.9 Å². The van der Waals surface area contributed by atoms with Gasteiger partial charge in [-0.2, -0.15) is 9.50 Å². The van der Waals surface area contributed by atoms with E-state index in [0.717, 1.165) is 16.9 Å². The fourth-order valence-corrected chi connectivity index (χ4v) is 3.93. The largest absolute Gasteiger partial charge is 0.494 e.